The van der Waals surface area contributed by atoms with Crippen LogP contribution in [0.4, 0.5) is 10.2 Å². The van der Waals surface area contributed by atoms with E-state index in [4.69, 9.17) is 0 Å². The summed E-state index contributed by atoms with van der Waals surface area (Å²) < 4.78 is 14.9. The second kappa shape index (κ2) is 9.96. The largest absolute Gasteiger partial charge is 0.387 e. The maximum Gasteiger partial charge on any atom is 0.231 e. The first-order valence-electron chi connectivity index (χ1n) is 12.2. The molecule has 2 aliphatic rings. The highest BCUT2D eigenvalue weighted by Crippen LogP contribution is 2.42. The first-order valence-corrected chi connectivity index (χ1v) is 12.2. The number of aliphatic hydroxyl groups excluding tert-OH is 1. The molecule has 1 amide bonds. The third-order valence-electron chi connectivity index (χ3n) is 7.35. The number of hydrogen-bond donors (Lipinski definition) is 1. The molecule has 2 heterocycles. The van der Waals surface area contributed by atoms with E-state index in [9.17, 15) is 14.3 Å². The quantitative estimate of drug-likeness (QED) is 0.700. The fraction of sp³-hybridized carbons (Fsp3) is 0.577. The second-order valence-corrected chi connectivity index (χ2v) is 10.1. The molecule has 7 nitrogen and oxygen atoms in total. The van der Waals surface area contributed by atoms with Gasteiger partial charge >= 0.3 is 0 Å². The Bertz CT molecular complexity index is 1040. The number of likely N-dealkylation sites (N-methyl/N-ethyl adjacent to an activating group) is 1. The van der Waals surface area contributed by atoms with Gasteiger partial charge in [-0.3, -0.25) is 4.79 Å². The molecule has 1 saturated heterocycles. The summed E-state index contributed by atoms with van der Waals surface area (Å²) in [6, 6.07) is 5.39. The van der Waals surface area contributed by atoms with E-state index in [0.717, 1.165) is 22.6 Å². The zero-order valence-electron chi connectivity index (χ0n) is 20.8. The van der Waals surface area contributed by atoms with Gasteiger partial charge in [0.2, 0.25) is 5.91 Å². The molecule has 1 aliphatic carbocycles. The SMILES string of the molecule is Cc1ccc([C@@H](CN(C)C(C)C)C(=O)N2CCN(c3ncnc4c3[C@H](C)C[C@H]4O)CC2)c(F)c1. The molecule has 1 aromatic heterocycles. The van der Waals surface area contributed by atoms with Crippen molar-refractivity contribution in [3.8, 4) is 0 Å². The van der Waals surface area contributed by atoms with Crippen LogP contribution in [-0.4, -0.2) is 76.6 Å². The van der Waals surface area contributed by atoms with Crippen LogP contribution in [0.15, 0.2) is 24.5 Å². The van der Waals surface area contributed by atoms with E-state index in [2.05, 4.69) is 40.5 Å². The van der Waals surface area contributed by atoms with Crippen LogP contribution in [-0.2, 0) is 4.79 Å². The number of hydrogen-bond acceptors (Lipinski definition) is 6. The fourth-order valence-electron chi connectivity index (χ4n) is 5.04. The van der Waals surface area contributed by atoms with Crippen LogP contribution in [0.1, 0.15) is 67.5 Å². The van der Waals surface area contributed by atoms with Gasteiger partial charge in [0.1, 0.15) is 18.0 Å². The second-order valence-electron chi connectivity index (χ2n) is 10.1. The molecule has 4 rings (SSSR count). The molecule has 2 aromatic rings. The van der Waals surface area contributed by atoms with Gasteiger partial charge in [0.25, 0.3) is 0 Å². The summed E-state index contributed by atoms with van der Waals surface area (Å²) in [5, 5.41) is 10.3. The van der Waals surface area contributed by atoms with Gasteiger partial charge in [0.15, 0.2) is 0 Å². The van der Waals surface area contributed by atoms with Gasteiger partial charge in [-0.05, 0) is 51.8 Å². The number of halogens is 1. The zero-order chi connectivity index (χ0) is 24.6. The Labute approximate surface area is 201 Å². The van der Waals surface area contributed by atoms with Crippen LogP contribution in [0.2, 0.25) is 0 Å². The summed E-state index contributed by atoms with van der Waals surface area (Å²) in [6.45, 7) is 10.9. The standard InChI is InChI=1S/C26H36FN5O2/c1-16(2)30(5)14-20(19-7-6-17(3)12-21(19)27)26(34)32-10-8-31(9-11-32)25-23-18(4)13-22(33)24(23)28-15-29-25/h6-7,12,15-16,18,20,22,33H,8-11,13-14H2,1-5H3/t18-,20-,22-/m1/s1. The number of piperazine rings is 1. The van der Waals surface area contributed by atoms with Crippen LogP contribution >= 0.6 is 0 Å². The number of nitrogens with zero attached hydrogens (tertiary/aromatic N) is 5. The maximum atomic E-state index is 14.9. The lowest BCUT2D eigenvalue weighted by atomic mass is 9.94. The molecule has 0 spiro atoms. The van der Waals surface area contributed by atoms with E-state index >= 15 is 0 Å². The molecule has 1 aromatic carbocycles. The average molecular weight is 470 g/mol. The lowest BCUT2D eigenvalue weighted by Gasteiger charge is -2.38. The highest BCUT2D eigenvalue weighted by atomic mass is 19.1. The van der Waals surface area contributed by atoms with Crippen molar-refractivity contribution in [2.75, 3.05) is 44.7 Å². The molecule has 0 saturated carbocycles. The topological polar surface area (TPSA) is 72.8 Å². The maximum absolute atomic E-state index is 14.9. The van der Waals surface area contributed by atoms with Gasteiger partial charge in [-0.25, -0.2) is 14.4 Å². The third kappa shape index (κ3) is 4.79. The average Bonchev–Trinajstić information content (AvgIpc) is 3.11. The first kappa shape index (κ1) is 24.5. The van der Waals surface area contributed by atoms with Gasteiger partial charge in [0, 0.05) is 49.9 Å². The Kier molecular flexibility index (Phi) is 7.19. The van der Waals surface area contributed by atoms with Crippen molar-refractivity contribution in [2.45, 2.75) is 58.1 Å². The Morgan fingerprint density at radius 3 is 2.59 bits per heavy atom. The normalized spacial score (nSPS) is 21.3. The number of fused-ring (bicyclic) bond motifs is 1. The smallest absolute Gasteiger partial charge is 0.231 e. The van der Waals surface area contributed by atoms with Crippen molar-refractivity contribution in [3.63, 3.8) is 0 Å². The van der Waals surface area contributed by atoms with Crippen molar-refractivity contribution in [1.29, 1.82) is 0 Å². The number of aromatic nitrogens is 2. The van der Waals surface area contributed by atoms with Gasteiger partial charge < -0.3 is 19.8 Å². The molecule has 1 N–H and O–H groups in total. The monoisotopic (exact) mass is 469 g/mol. The minimum absolute atomic E-state index is 0.0355. The molecule has 1 fully saturated rings. The molecule has 0 radical (unpaired) electrons. The number of rotatable bonds is 6. The lowest BCUT2D eigenvalue weighted by molar-refractivity contribution is -0.133. The number of anilines is 1. The molecular formula is C26H36FN5O2. The van der Waals surface area contributed by atoms with Gasteiger partial charge in [-0.1, -0.05) is 19.1 Å². The summed E-state index contributed by atoms with van der Waals surface area (Å²) in [4.78, 5) is 28.6. The van der Waals surface area contributed by atoms with Crippen LogP contribution in [0, 0.1) is 12.7 Å². The molecule has 34 heavy (non-hydrogen) atoms. The number of aryl methyl sites for hydroxylation is 1. The van der Waals surface area contributed by atoms with Crippen LogP contribution < -0.4 is 4.90 Å². The van der Waals surface area contributed by atoms with Crippen molar-refractivity contribution < 1.29 is 14.3 Å². The number of carbonyl (C=O) groups is 1. The summed E-state index contributed by atoms with van der Waals surface area (Å²) in [5.41, 5.74) is 3.05. The number of carbonyl (C=O) groups excluding carboxylic acids is 1. The van der Waals surface area contributed by atoms with Crippen molar-refractivity contribution in [2.24, 2.45) is 0 Å². The van der Waals surface area contributed by atoms with E-state index in [1.165, 1.54) is 12.4 Å². The van der Waals surface area contributed by atoms with Gasteiger partial charge in [-0.15, -0.1) is 0 Å². The van der Waals surface area contributed by atoms with Crippen molar-refractivity contribution in [3.05, 3.63) is 52.7 Å². The zero-order valence-corrected chi connectivity index (χ0v) is 20.8. The molecule has 0 unspecified atom stereocenters. The van der Waals surface area contributed by atoms with Crippen LogP contribution in [0.5, 0.6) is 0 Å². The van der Waals surface area contributed by atoms with E-state index in [0.29, 0.717) is 44.7 Å². The van der Waals surface area contributed by atoms with E-state index in [1.807, 2.05) is 24.9 Å². The van der Waals surface area contributed by atoms with E-state index in [-0.39, 0.29) is 23.7 Å². The minimum Gasteiger partial charge on any atom is -0.387 e. The molecule has 8 heteroatoms. The fourth-order valence-corrected chi connectivity index (χ4v) is 5.04. The highest BCUT2D eigenvalue weighted by Gasteiger charge is 2.35. The molecule has 1 aliphatic heterocycles. The Balaban J connectivity index is 1.52. The van der Waals surface area contributed by atoms with Crippen LogP contribution in [0.25, 0.3) is 0 Å². The highest BCUT2D eigenvalue weighted by molar-refractivity contribution is 5.84. The van der Waals surface area contributed by atoms with E-state index in [1.54, 1.807) is 6.07 Å². The summed E-state index contributed by atoms with van der Waals surface area (Å²) in [6.07, 6.45) is 1.63. The predicted molar refractivity (Wildman–Crippen MR) is 130 cm³/mol. The third-order valence-corrected chi connectivity index (χ3v) is 7.35. The molecule has 0 bridgehead atoms. The molecular weight excluding hydrogens is 433 g/mol. The lowest BCUT2D eigenvalue weighted by Crippen LogP contribution is -2.51. The number of benzene rings is 1. The van der Waals surface area contributed by atoms with Gasteiger partial charge in [-0.2, -0.15) is 0 Å². The number of aliphatic hydroxyl groups is 1. The summed E-state index contributed by atoms with van der Waals surface area (Å²) in [7, 11) is 1.97. The molecule has 3 atom stereocenters. The minimum atomic E-state index is -0.557. The predicted octanol–water partition coefficient (Wildman–Crippen LogP) is 3.24. The Hall–Kier alpha value is -2.58. The summed E-state index contributed by atoms with van der Waals surface area (Å²) in [5.74, 6) is 0.144. The molecule has 184 valence electrons. The van der Waals surface area contributed by atoms with Gasteiger partial charge in [0.05, 0.1) is 17.7 Å². The van der Waals surface area contributed by atoms with E-state index < -0.39 is 12.0 Å². The number of amides is 1. The Morgan fingerprint density at radius 1 is 1.24 bits per heavy atom. The van der Waals surface area contributed by atoms with Crippen molar-refractivity contribution in [1.82, 2.24) is 19.8 Å². The summed E-state index contributed by atoms with van der Waals surface area (Å²) >= 11 is 0. The van der Waals surface area contributed by atoms with Crippen molar-refractivity contribution >= 4 is 11.7 Å². The van der Waals surface area contributed by atoms with Crippen LogP contribution in [0.3, 0.4) is 0 Å². The Morgan fingerprint density at radius 2 is 1.94 bits per heavy atom. The first-order chi connectivity index (χ1) is 16.2.